The predicted octanol–water partition coefficient (Wildman–Crippen LogP) is -1.71. The van der Waals surface area contributed by atoms with Crippen molar-refractivity contribution in [1.29, 1.82) is 0 Å². The van der Waals surface area contributed by atoms with Gasteiger partial charge in [-0.25, -0.2) is 5.26 Å². The van der Waals surface area contributed by atoms with Crippen LogP contribution in [0.25, 0.3) is 0 Å². The summed E-state index contributed by atoms with van der Waals surface area (Å²) in [6.45, 7) is 0. The Balaban J connectivity index is -0.0000000800. The zero-order valence-electron chi connectivity index (χ0n) is 3.62. The summed E-state index contributed by atoms with van der Waals surface area (Å²) in [7, 11) is -3.04. The Bertz CT molecular complexity index is 43.3. The molecule has 0 aromatic carbocycles. The third-order valence-corrected chi connectivity index (χ3v) is 0.200. The van der Waals surface area contributed by atoms with Crippen molar-refractivity contribution in [3.63, 3.8) is 0 Å². The van der Waals surface area contributed by atoms with Crippen LogP contribution in [0.3, 0.4) is 0 Å². The minimum absolute atomic E-state index is 0. The first-order valence-electron chi connectivity index (χ1n) is 0.730. The summed E-state index contributed by atoms with van der Waals surface area (Å²) >= 11 is 0. The van der Waals surface area contributed by atoms with Crippen molar-refractivity contribution in [2.24, 2.45) is 0 Å². The molecular formula is H3NaO5P. The first kappa shape index (κ1) is 15.7. The molecular weight excluding hydrogens is 134 g/mol. The molecule has 0 aromatic rings. The van der Waals surface area contributed by atoms with Crippen LogP contribution >= 0.6 is 8.25 Å². The first-order chi connectivity index (χ1) is 2.27. The molecule has 1 atom stereocenters. The van der Waals surface area contributed by atoms with Crippen LogP contribution in [0.5, 0.6) is 0 Å². The van der Waals surface area contributed by atoms with Crippen molar-refractivity contribution in [3.05, 3.63) is 0 Å². The molecule has 0 heterocycles. The van der Waals surface area contributed by atoms with Crippen molar-refractivity contribution in [2.75, 3.05) is 0 Å². The fourth-order valence-corrected chi connectivity index (χ4v) is 0. The maximum absolute atomic E-state index is 8.93. The van der Waals surface area contributed by atoms with Crippen LogP contribution in [-0.2, 0) is 9.24 Å². The maximum Gasteiger partial charge on any atom is 0.521 e. The van der Waals surface area contributed by atoms with E-state index in [1.54, 1.807) is 0 Å². The molecule has 0 rings (SSSR count). The van der Waals surface area contributed by atoms with Gasteiger partial charge >= 0.3 is 8.25 Å². The predicted molar refractivity (Wildman–Crippen MR) is 20.7 cm³/mol. The Morgan fingerprint density at radius 1 is 1.71 bits per heavy atom. The Morgan fingerprint density at radius 3 is 1.86 bits per heavy atom. The van der Waals surface area contributed by atoms with Crippen LogP contribution in [0, 0.1) is 0 Å². The van der Waals surface area contributed by atoms with Crippen LogP contribution in [0.2, 0.25) is 0 Å². The Hall–Kier alpha value is 0.940. The fourth-order valence-electron chi connectivity index (χ4n) is 0. The second-order valence-electron chi connectivity index (χ2n) is 0.305. The van der Waals surface area contributed by atoms with E-state index in [4.69, 9.17) is 14.7 Å². The molecule has 0 saturated carbocycles. The van der Waals surface area contributed by atoms with Crippen LogP contribution in [0.1, 0.15) is 0 Å². The third-order valence-electron chi connectivity index (χ3n) is 0.0667. The van der Waals surface area contributed by atoms with E-state index in [0.717, 1.165) is 0 Å². The van der Waals surface area contributed by atoms with Gasteiger partial charge in [-0.1, -0.05) is 0 Å². The number of hydrogen-bond donors (Lipinski definition) is 1. The molecule has 1 unspecified atom stereocenters. The molecule has 0 aliphatic heterocycles. The standard InChI is InChI=1S/Na.HO4P.H2O/c;1-4-5(2)3;/h;1H;1H2. The maximum atomic E-state index is 8.93. The van der Waals surface area contributed by atoms with E-state index in [-0.39, 0.29) is 35.0 Å². The van der Waals surface area contributed by atoms with E-state index < -0.39 is 8.25 Å². The van der Waals surface area contributed by atoms with E-state index in [1.165, 1.54) is 0 Å². The van der Waals surface area contributed by atoms with Gasteiger partial charge in [0.2, 0.25) is 0 Å². The average Bonchev–Trinajstić information content (AvgIpc) is 1.38. The van der Waals surface area contributed by atoms with Crippen LogP contribution in [0.4, 0.5) is 0 Å². The normalized spacial score (nSPS) is 8.00. The summed E-state index contributed by atoms with van der Waals surface area (Å²) in [6.07, 6.45) is 0. The monoisotopic (exact) mass is 137 g/mol. The summed E-state index contributed by atoms with van der Waals surface area (Å²) in [6, 6.07) is 0. The van der Waals surface area contributed by atoms with Crippen LogP contribution in [-0.4, -0.2) is 40.3 Å². The molecule has 0 aliphatic carbocycles. The van der Waals surface area contributed by atoms with Gasteiger partial charge < -0.3 is 10.4 Å². The molecule has 0 bridgehead atoms. The van der Waals surface area contributed by atoms with Crippen molar-refractivity contribution >= 4 is 37.8 Å². The van der Waals surface area contributed by atoms with Crippen molar-refractivity contribution in [3.8, 4) is 0 Å². The third kappa shape index (κ3) is 19.6. The van der Waals surface area contributed by atoms with E-state index >= 15 is 0 Å². The van der Waals surface area contributed by atoms with Gasteiger partial charge in [-0.2, -0.15) is 0 Å². The number of hydrogen-bond acceptors (Lipinski definition) is 4. The summed E-state index contributed by atoms with van der Waals surface area (Å²) in [5, 5.41) is 7.05. The zero-order chi connectivity index (χ0) is 4.28. The summed E-state index contributed by atoms with van der Waals surface area (Å²) in [4.78, 5) is 8.93. The van der Waals surface area contributed by atoms with E-state index in [0.29, 0.717) is 0 Å². The van der Waals surface area contributed by atoms with Gasteiger partial charge in [-0.15, -0.1) is 0 Å². The second kappa shape index (κ2) is 10.0. The molecule has 0 saturated heterocycles. The van der Waals surface area contributed by atoms with Crippen LogP contribution < -0.4 is 4.89 Å². The van der Waals surface area contributed by atoms with Crippen LogP contribution in [0.15, 0.2) is 0 Å². The first-order valence-corrected chi connectivity index (χ1v) is 1.83. The molecule has 7 heteroatoms. The smallest absolute Gasteiger partial charge is 0.521 e. The minimum atomic E-state index is -3.04. The van der Waals surface area contributed by atoms with Gasteiger partial charge in [0.25, 0.3) is 0 Å². The van der Waals surface area contributed by atoms with Gasteiger partial charge in [0, 0.05) is 34.2 Å². The second-order valence-corrected chi connectivity index (χ2v) is 0.916. The topological polar surface area (TPSA) is 101 Å². The molecule has 39 valence electrons. The zero-order valence-corrected chi connectivity index (χ0v) is 6.51. The molecule has 3 N–H and O–H groups in total. The van der Waals surface area contributed by atoms with E-state index in [1.807, 2.05) is 0 Å². The molecule has 7 heavy (non-hydrogen) atoms. The van der Waals surface area contributed by atoms with E-state index in [9.17, 15) is 0 Å². The van der Waals surface area contributed by atoms with Gasteiger partial charge in [0.05, 0.1) is 0 Å². The molecule has 0 amide bonds. The van der Waals surface area contributed by atoms with Gasteiger partial charge in [0.1, 0.15) is 0 Å². The Morgan fingerprint density at radius 2 is 1.86 bits per heavy atom. The molecule has 0 aliphatic rings. The van der Waals surface area contributed by atoms with E-state index in [2.05, 4.69) is 4.67 Å². The fraction of sp³-hybridized carbons (Fsp3) is 0. The minimum Gasteiger partial charge on any atom is -0.565 e. The molecule has 1 radical (unpaired) electrons. The largest absolute Gasteiger partial charge is 0.565 e. The summed E-state index contributed by atoms with van der Waals surface area (Å²) < 4.78 is 11.6. The van der Waals surface area contributed by atoms with Gasteiger partial charge in [-0.05, 0) is 4.57 Å². The quantitative estimate of drug-likeness (QED) is 0.201. The molecule has 0 fully saturated rings. The SMILES string of the molecule is O.O=[P+]([O-])OO.[Na]. The molecule has 5 nitrogen and oxygen atoms in total. The van der Waals surface area contributed by atoms with Gasteiger partial charge in [-0.3, -0.25) is 0 Å². The van der Waals surface area contributed by atoms with Gasteiger partial charge in [0.15, 0.2) is 0 Å². The van der Waals surface area contributed by atoms with Crippen molar-refractivity contribution in [1.82, 2.24) is 0 Å². The molecule has 0 aromatic heterocycles. The average molecular weight is 137 g/mol. The Kier molecular flexibility index (Phi) is 22.5. The summed E-state index contributed by atoms with van der Waals surface area (Å²) in [5.74, 6) is 0. The summed E-state index contributed by atoms with van der Waals surface area (Å²) in [5.41, 5.74) is 0. The number of rotatable bonds is 1. The Labute approximate surface area is 62.8 Å². The van der Waals surface area contributed by atoms with Crippen molar-refractivity contribution < 1.29 is 24.9 Å². The molecule has 0 spiro atoms. The van der Waals surface area contributed by atoms with Crippen molar-refractivity contribution in [2.45, 2.75) is 0 Å².